The van der Waals surface area contributed by atoms with Crippen molar-refractivity contribution in [3.8, 4) is 0 Å². The molecule has 0 bridgehead atoms. The Balaban J connectivity index is 0.00000316. The summed E-state index contributed by atoms with van der Waals surface area (Å²) < 4.78 is 25.6. The Hall–Kier alpha value is -0.290. The lowest BCUT2D eigenvalue weighted by Crippen LogP contribution is -2.63. The molecule has 0 unspecified atom stereocenters. The highest BCUT2D eigenvalue weighted by atomic mass is 35.5. The van der Waals surface area contributed by atoms with Crippen LogP contribution in [0.1, 0.15) is 85.5 Å². The number of nitrogens with two attached hydrogens (primary N) is 1. The van der Waals surface area contributed by atoms with E-state index < -0.39 is 30.6 Å². The standard InChI is InChI=1S/C33H53NO7.ClH/c1-17-7-12-33(38-16-17)18(2)26-24(41-33)14-23-21-6-5-19-13-20(8-10-31(19,3)22(21)9-11-32(23,26)4)39-30-27(34)29(37)28(36)25(15-35)40-30;/h5,17-18,20-30,35-37H,6-16,34H2,1-4H3;1H/t17-,18+,20+,21-,22+,23+,24+,25-,26+,27-,28-,29-,30-,31+,32+,33-;/m1./s1. The summed E-state index contributed by atoms with van der Waals surface area (Å²) >= 11 is 0. The van der Waals surface area contributed by atoms with Gasteiger partial charge in [0.25, 0.3) is 0 Å². The molecule has 5 N–H and O–H groups in total. The zero-order chi connectivity index (χ0) is 28.9. The molecule has 4 aliphatic carbocycles. The molecule has 0 amide bonds. The minimum Gasteiger partial charge on any atom is -0.394 e. The van der Waals surface area contributed by atoms with Crippen LogP contribution in [0.25, 0.3) is 0 Å². The van der Waals surface area contributed by atoms with Gasteiger partial charge in [-0.25, -0.2) is 0 Å². The second kappa shape index (κ2) is 11.2. The van der Waals surface area contributed by atoms with Crippen LogP contribution in [0.5, 0.6) is 0 Å². The Morgan fingerprint density at radius 2 is 1.83 bits per heavy atom. The summed E-state index contributed by atoms with van der Waals surface area (Å²) in [5, 5.41) is 30.1. The maximum atomic E-state index is 10.4. The Bertz CT molecular complexity index is 1030. The molecule has 1 spiro atoms. The maximum Gasteiger partial charge on any atom is 0.176 e. The van der Waals surface area contributed by atoms with Gasteiger partial charge in [0.05, 0.1) is 31.5 Å². The lowest BCUT2D eigenvalue weighted by Gasteiger charge is -2.58. The van der Waals surface area contributed by atoms with Crippen LogP contribution in [0.4, 0.5) is 0 Å². The topological polar surface area (TPSA) is 124 Å². The average Bonchev–Trinajstić information content (AvgIpc) is 3.40. The van der Waals surface area contributed by atoms with Gasteiger partial charge in [-0.1, -0.05) is 39.3 Å². The number of hydrogen-bond acceptors (Lipinski definition) is 8. The zero-order valence-electron chi connectivity index (χ0n) is 25.8. The van der Waals surface area contributed by atoms with E-state index in [4.69, 9.17) is 24.7 Å². The SMILES string of the molecule is C[C@@H]1CC[C@@]2(OC1)O[C@H]1C[C@H]3[C@@H]4CC=C5C[C@@H](O[C@@H]6O[C@H](CO)[C@@H](O)[C@H](O)[C@H]6N)CC[C@]5(C)[C@H]4CC[C@]3(C)[C@H]1[C@@H]2C.Cl. The Morgan fingerprint density at radius 3 is 2.55 bits per heavy atom. The minimum atomic E-state index is -1.22. The first-order valence-corrected chi connectivity index (χ1v) is 16.6. The minimum absolute atomic E-state index is 0. The third-order valence-corrected chi connectivity index (χ3v) is 13.6. The van der Waals surface area contributed by atoms with Gasteiger partial charge in [-0.2, -0.15) is 0 Å². The molecule has 3 aliphatic heterocycles. The highest BCUT2D eigenvalue weighted by Crippen LogP contribution is 2.70. The number of rotatable bonds is 3. The second-order valence-corrected chi connectivity index (χ2v) is 15.6. The Morgan fingerprint density at radius 1 is 1.05 bits per heavy atom. The number of allylic oxidation sites excluding steroid dienone is 1. The van der Waals surface area contributed by atoms with E-state index in [0.717, 1.165) is 38.7 Å². The number of ether oxygens (including phenoxy) is 4. The van der Waals surface area contributed by atoms with Gasteiger partial charge < -0.3 is 40.0 Å². The first-order valence-electron chi connectivity index (χ1n) is 16.6. The Labute approximate surface area is 257 Å². The largest absolute Gasteiger partial charge is 0.394 e. The van der Waals surface area contributed by atoms with Crippen molar-refractivity contribution in [1.29, 1.82) is 0 Å². The second-order valence-electron chi connectivity index (χ2n) is 15.6. The molecule has 0 aromatic heterocycles. The normalized spacial score (nSPS) is 57.0. The molecule has 8 nitrogen and oxygen atoms in total. The van der Waals surface area contributed by atoms with E-state index in [9.17, 15) is 15.3 Å². The summed E-state index contributed by atoms with van der Waals surface area (Å²) in [5.41, 5.74) is 8.18. The van der Waals surface area contributed by atoms with E-state index in [0.29, 0.717) is 47.0 Å². The number of fused-ring (bicyclic) bond motifs is 7. The van der Waals surface area contributed by atoms with E-state index in [1.54, 1.807) is 0 Å². The van der Waals surface area contributed by atoms with Gasteiger partial charge in [0.2, 0.25) is 0 Å². The third kappa shape index (κ3) is 4.60. The van der Waals surface area contributed by atoms with Gasteiger partial charge in [-0.3, -0.25) is 0 Å². The molecule has 240 valence electrons. The van der Waals surface area contributed by atoms with Crippen LogP contribution < -0.4 is 5.73 Å². The van der Waals surface area contributed by atoms with Crippen LogP contribution >= 0.6 is 12.4 Å². The fourth-order valence-corrected chi connectivity index (χ4v) is 11.2. The first kappa shape index (κ1) is 31.7. The van der Waals surface area contributed by atoms with Crippen LogP contribution in [0, 0.1) is 46.3 Å². The molecule has 42 heavy (non-hydrogen) atoms. The average molecular weight is 612 g/mol. The van der Waals surface area contributed by atoms with E-state index >= 15 is 0 Å². The third-order valence-electron chi connectivity index (χ3n) is 13.6. The summed E-state index contributed by atoms with van der Waals surface area (Å²) in [4.78, 5) is 0. The predicted molar refractivity (Wildman–Crippen MR) is 160 cm³/mol. The van der Waals surface area contributed by atoms with Gasteiger partial charge in [0, 0.05) is 12.3 Å². The summed E-state index contributed by atoms with van der Waals surface area (Å²) in [6.07, 6.45) is 8.60. The monoisotopic (exact) mass is 611 g/mol. The molecular weight excluding hydrogens is 558 g/mol. The van der Waals surface area contributed by atoms with Gasteiger partial charge in [-0.15, -0.1) is 12.4 Å². The number of aliphatic hydroxyl groups excluding tert-OH is 3. The predicted octanol–water partition coefficient (Wildman–Crippen LogP) is 3.93. The molecule has 16 atom stereocenters. The van der Waals surface area contributed by atoms with Gasteiger partial charge in [0.1, 0.15) is 18.3 Å². The molecule has 3 saturated heterocycles. The molecule has 0 radical (unpaired) electrons. The summed E-state index contributed by atoms with van der Waals surface area (Å²) in [7, 11) is 0. The van der Waals surface area contributed by atoms with Crippen molar-refractivity contribution in [1.82, 2.24) is 0 Å². The van der Waals surface area contributed by atoms with Crippen molar-refractivity contribution in [2.45, 2.75) is 134 Å². The molecule has 7 aliphatic rings. The van der Waals surface area contributed by atoms with Crippen molar-refractivity contribution in [3.63, 3.8) is 0 Å². The van der Waals surface area contributed by atoms with Crippen LogP contribution in [-0.2, 0) is 18.9 Å². The lowest BCUT2D eigenvalue weighted by molar-refractivity contribution is -0.280. The summed E-state index contributed by atoms with van der Waals surface area (Å²) in [5.74, 6) is 3.38. The van der Waals surface area contributed by atoms with Crippen molar-refractivity contribution < 1.29 is 34.3 Å². The van der Waals surface area contributed by atoms with Crippen molar-refractivity contribution >= 4 is 12.4 Å². The molecule has 3 heterocycles. The van der Waals surface area contributed by atoms with Crippen LogP contribution in [-0.4, -0.2) is 77.2 Å². The maximum absolute atomic E-state index is 10.4. The van der Waals surface area contributed by atoms with Crippen molar-refractivity contribution in [3.05, 3.63) is 11.6 Å². The number of aliphatic hydroxyl groups is 3. The number of hydrogen-bond donors (Lipinski definition) is 4. The quantitative estimate of drug-likeness (QED) is 0.354. The van der Waals surface area contributed by atoms with Crippen LogP contribution in [0.3, 0.4) is 0 Å². The Kier molecular flexibility index (Phi) is 8.45. The van der Waals surface area contributed by atoms with Gasteiger partial charge in [0.15, 0.2) is 12.1 Å². The highest BCUT2D eigenvalue weighted by Gasteiger charge is 2.68. The van der Waals surface area contributed by atoms with E-state index in [1.807, 2.05) is 0 Å². The molecule has 0 aromatic carbocycles. The fourth-order valence-electron chi connectivity index (χ4n) is 11.2. The molecule has 0 aromatic rings. The van der Waals surface area contributed by atoms with E-state index in [1.165, 1.54) is 31.3 Å². The first-order chi connectivity index (χ1) is 19.5. The van der Waals surface area contributed by atoms with E-state index in [-0.39, 0.29) is 36.3 Å². The van der Waals surface area contributed by atoms with Gasteiger partial charge >= 0.3 is 0 Å². The summed E-state index contributed by atoms with van der Waals surface area (Å²) in [6, 6.07) is -0.852. The van der Waals surface area contributed by atoms with Crippen molar-refractivity contribution in [2.75, 3.05) is 13.2 Å². The smallest absolute Gasteiger partial charge is 0.176 e. The molecule has 3 saturated carbocycles. The zero-order valence-corrected chi connectivity index (χ0v) is 26.6. The fraction of sp³-hybridized carbons (Fsp3) is 0.939. The van der Waals surface area contributed by atoms with Crippen LogP contribution in [0.2, 0.25) is 0 Å². The molecule has 6 fully saturated rings. The molecular formula is C33H54ClNO7. The van der Waals surface area contributed by atoms with Crippen LogP contribution in [0.15, 0.2) is 11.6 Å². The van der Waals surface area contributed by atoms with Crippen molar-refractivity contribution in [2.24, 2.45) is 52.1 Å². The van der Waals surface area contributed by atoms with Gasteiger partial charge in [-0.05, 0) is 91.8 Å². The molecule has 9 heteroatoms. The highest BCUT2D eigenvalue weighted by molar-refractivity contribution is 5.85. The van der Waals surface area contributed by atoms with E-state index in [2.05, 4.69) is 33.8 Å². The number of halogens is 1. The lowest BCUT2D eigenvalue weighted by atomic mass is 9.47. The summed E-state index contributed by atoms with van der Waals surface area (Å²) in [6.45, 7) is 10.2. The molecule has 7 rings (SSSR count).